The second-order valence-corrected chi connectivity index (χ2v) is 8.75. The lowest BCUT2D eigenvalue weighted by Crippen LogP contribution is -2.07. The van der Waals surface area contributed by atoms with E-state index in [0.717, 1.165) is 10.9 Å². The summed E-state index contributed by atoms with van der Waals surface area (Å²) in [6.07, 6.45) is 16.8. The van der Waals surface area contributed by atoms with E-state index in [4.69, 9.17) is 0 Å². The van der Waals surface area contributed by atoms with Crippen molar-refractivity contribution in [3.05, 3.63) is 102 Å². The molecule has 0 saturated heterocycles. The largest absolute Gasteiger partial charge is 0.244 e. The molecule has 32 heavy (non-hydrogen) atoms. The Bertz CT molecular complexity index is 1250. The third kappa shape index (κ3) is 4.10. The Morgan fingerprint density at radius 3 is 2.72 bits per heavy atom. The number of hydrogen-bond donors (Lipinski definition) is 0. The average Bonchev–Trinajstić information content (AvgIpc) is 2.87. The van der Waals surface area contributed by atoms with Crippen LogP contribution in [0.2, 0.25) is 0 Å². The molecule has 0 aliphatic heterocycles. The highest BCUT2D eigenvalue weighted by Crippen LogP contribution is 2.40. The van der Waals surface area contributed by atoms with Crippen LogP contribution in [-0.4, -0.2) is 9.97 Å². The first-order chi connectivity index (χ1) is 15.8. The zero-order chi connectivity index (χ0) is 21.8. The fourth-order valence-electron chi connectivity index (χ4n) is 5.04. The molecule has 3 aromatic carbocycles. The van der Waals surface area contributed by atoms with Crippen LogP contribution in [0.1, 0.15) is 55.7 Å². The van der Waals surface area contributed by atoms with Crippen LogP contribution >= 0.6 is 0 Å². The van der Waals surface area contributed by atoms with Gasteiger partial charge in [0.1, 0.15) is 6.33 Å². The summed E-state index contributed by atoms with van der Waals surface area (Å²) in [5.41, 5.74) is 8.81. The van der Waals surface area contributed by atoms with Gasteiger partial charge in [-0.3, -0.25) is 0 Å². The SMILES string of the molecule is CCCCc1cccc2c3c(ccc12)C1=C(CCC=C1)CC3.c1ccc2ncncc2c1. The van der Waals surface area contributed by atoms with Crippen molar-refractivity contribution in [2.24, 2.45) is 0 Å². The molecule has 0 saturated carbocycles. The smallest absolute Gasteiger partial charge is 0.116 e. The first-order valence-corrected chi connectivity index (χ1v) is 11.9. The Morgan fingerprint density at radius 2 is 1.81 bits per heavy atom. The van der Waals surface area contributed by atoms with Gasteiger partial charge in [-0.1, -0.05) is 79.6 Å². The fraction of sp³-hybridized carbons (Fsp3) is 0.267. The van der Waals surface area contributed by atoms with Crippen LogP contribution in [0.15, 0.2) is 84.8 Å². The summed E-state index contributed by atoms with van der Waals surface area (Å²) in [6.45, 7) is 2.27. The standard InChI is InChI=1S/C22H24.C8H6N2/c1-2-3-7-16-9-6-11-20-19(16)14-15-21-18-10-5-4-8-17(18)12-13-22(20)21;1-2-4-8-7(3-1)5-9-6-10-8/h5-6,9-11,14-15H,2-4,7-8,12-13H2,1H3;1-6H. The average molecular weight is 419 g/mol. The molecule has 6 rings (SSSR count). The molecule has 2 aliphatic rings. The lowest BCUT2D eigenvalue weighted by Gasteiger charge is -2.25. The molecule has 2 nitrogen and oxygen atoms in total. The Balaban J connectivity index is 0.000000180. The molecular formula is C30H30N2. The highest BCUT2D eigenvalue weighted by Gasteiger charge is 2.20. The summed E-state index contributed by atoms with van der Waals surface area (Å²) in [4.78, 5) is 7.97. The second-order valence-electron chi connectivity index (χ2n) is 8.75. The lowest BCUT2D eigenvalue weighted by molar-refractivity contribution is 0.798. The van der Waals surface area contributed by atoms with Crippen LogP contribution in [-0.2, 0) is 12.8 Å². The van der Waals surface area contributed by atoms with Crippen molar-refractivity contribution in [1.29, 1.82) is 0 Å². The molecule has 0 radical (unpaired) electrons. The third-order valence-electron chi connectivity index (χ3n) is 6.72. The Morgan fingerprint density at radius 1 is 0.875 bits per heavy atom. The van der Waals surface area contributed by atoms with E-state index in [0.29, 0.717) is 0 Å². The predicted octanol–water partition coefficient (Wildman–Crippen LogP) is 7.86. The maximum Gasteiger partial charge on any atom is 0.116 e. The van der Waals surface area contributed by atoms with E-state index < -0.39 is 0 Å². The molecule has 0 spiro atoms. The van der Waals surface area contributed by atoms with Crippen molar-refractivity contribution in [2.45, 2.75) is 51.9 Å². The van der Waals surface area contributed by atoms with Crippen molar-refractivity contribution in [3.63, 3.8) is 0 Å². The minimum atomic E-state index is 0.998. The second kappa shape index (κ2) is 9.48. The maximum absolute atomic E-state index is 4.07. The van der Waals surface area contributed by atoms with Gasteiger partial charge >= 0.3 is 0 Å². The van der Waals surface area contributed by atoms with Crippen LogP contribution in [0.4, 0.5) is 0 Å². The summed E-state index contributed by atoms with van der Waals surface area (Å²) >= 11 is 0. The quantitative estimate of drug-likeness (QED) is 0.338. The van der Waals surface area contributed by atoms with Gasteiger partial charge in [-0.25, -0.2) is 9.97 Å². The molecule has 1 aromatic heterocycles. The monoisotopic (exact) mass is 418 g/mol. The van der Waals surface area contributed by atoms with Gasteiger partial charge < -0.3 is 0 Å². The minimum absolute atomic E-state index is 0.998. The molecule has 0 fully saturated rings. The molecule has 4 aromatic rings. The molecule has 2 aliphatic carbocycles. The number of rotatable bonds is 3. The van der Waals surface area contributed by atoms with Crippen molar-refractivity contribution in [3.8, 4) is 0 Å². The van der Waals surface area contributed by atoms with Gasteiger partial charge in [-0.15, -0.1) is 0 Å². The minimum Gasteiger partial charge on any atom is -0.244 e. The number of aryl methyl sites for hydroxylation is 2. The van der Waals surface area contributed by atoms with Crippen molar-refractivity contribution in [1.82, 2.24) is 9.97 Å². The zero-order valence-corrected chi connectivity index (χ0v) is 18.8. The highest BCUT2D eigenvalue weighted by molar-refractivity contribution is 5.95. The number of hydrogen-bond acceptors (Lipinski definition) is 2. The maximum atomic E-state index is 4.07. The van der Waals surface area contributed by atoms with Gasteiger partial charge in [0.25, 0.3) is 0 Å². The first-order valence-electron chi connectivity index (χ1n) is 11.9. The molecule has 0 atom stereocenters. The van der Waals surface area contributed by atoms with E-state index in [-0.39, 0.29) is 0 Å². The van der Waals surface area contributed by atoms with Gasteiger partial charge in [-0.2, -0.15) is 0 Å². The molecule has 0 N–H and O–H groups in total. The van der Waals surface area contributed by atoms with Crippen molar-refractivity contribution >= 4 is 27.2 Å². The number of para-hydroxylation sites is 1. The number of unbranched alkanes of at least 4 members (excludes halogenated alkanes) is 1. The molecular weight excluding hydrogens is 388 g/mol. The van der Waals surface area contributed by atoms with E-state index in [1.54, 1.807) is 17.5 Å². The summed E-state index contributed by atoms with van der Waals surface area (Å²) in [5, 5.41) is 4.07. The van der Waals surface area contributed by atoms with E-state index in [1.165, 1.54) is 72.4 Å². The molecule has 0 unspecified atom stereocenters. The number of nitrogens with zero attached hydrogens (tertiary/aromatic N) is 2. The Hall–Kier alpha value is -3.26. The third-order valence-corrected chi connectivity index (χ3v) is 6.72. The van der Waals surface area contributed by atoms with E-state index in [1.807, 2.05) is 30.5 Å². The van der Waals surface area contributed by atoms with Gasteiger partial charge in [0.15, 0.2) is 0 Å². The summed E-state index contributed by atoms with van der Waals surface area (Å²) < 4.78 is 0. The van der Waals surface area contributed by atoms with Crippen molar-refractivity contribution in [2.75, 3.05) is 0 Å². The van der Waals surface area contributed by atoms with Crippen LogP contribution in [0.25, 0.3) is 27.2 Å². The van der Waals surface area contributed by atoms with Crippen molar-refractivity contribution < 1.29 is 0 Å². The van der Waals surface area contributed by atoms with Gasteiger partial charge in [0.2, 0.25) is 0 Å². The predicted molar refractivity (Wildman–Crippen MR) is 136 cm³/mol. The Kier molecular flexibility index (Phi) is 6.11. The number of allylic oxidation sites excluding steroid dienone is 4. The van der Waals surface area contributed by atoms with E-state index in [9.17, 15) is 0 Å². The number of fused-ring (bicyclic) bond motifs is 5. The Labute approximate surface area is 190 Å². The highest BCUT2D eigenvalue weighted by atomic mass is 14.8. The molecule has 1 heterocycles. The summed E-state index contributed by atoms with van der Waals surface area (Å²) in [5.74, 6) is 0. The van der Waals surface area contributed by atoms with Gasteiger partial charge in [-0.05, 0) is 77.6 Å². The summed E-state index contributed by atoms with van der Waals surface area (Å²) in [7, 11) is 0. The number of aromatic nitrogens is 2. The van der Waals surface area contributed by atoms with Crippen LogP contribution < -0.4 is 0 Å². The van der Waals surface area contributed by atoms with E-state index in [2.05, 4.69) is 59.4 Å². The van der Waals surface area contributed by atoms with Crippen LogP contribution in [0, 0.1) is 0 Å². The summed E-state index contributed by atoms with van der Waals surface area (Å²) in [6, 6.07) is 19.6. The van der Waals surface area contributed by atoms with Crippen LogP contribution in [0.5, 0.6) is 0 Å². The lowest BCUT2D eigenvalue weighted by atomic mass is 9.79. The molecule has 160 valence electrons. The van der Waals surface area contributed by atoms with Gasteiger partial charge in [0, 0.05) is 11.6 Å². The fourth-order valence-corrected chi connectivity index (χ4v) is 5.04. The molecule has 0 bridgehead atoms. The molecule has 2 heteroatoms. The van der Waals surface area contributed by atoms with Gasteiger partial charge in [0.05, 0.1) is 5.52 Å². The topological polar surface area (TPSA) is 25.8 Å². The molecule has 0 amide bonds. The van der Waals surface area contributed by atoms with Crippen LogP contribution in [0.3, 0.4) is 0 Å². The normalized spacial score (nSPS) is 14.7. The number of benzene rings is 3. The van der Waals surface area contributed by atoms with E-state index >= 15 is 0 Å². The zero-order valence-electron chi connectivity index (χ0n) is 18.8. The first kappa shape index (κ1) is 20.6.